The van der Waals surface area contributed by atoms with Gasteiger partial charge in [0.2, 0.25) is 0 Å². The van der Waals surface area contributed by atoms with Crippen molar-refractivity contribution in [1.29, 1.82) is 0 Å². The topological polar surface area (TPSA) is 18.5 Å². The lowest BCUT2D eigenvalue weighted by molar-refractivity contribution is -0.175. The Bertz CT molecular complexity index is 123. The summed E-state index contributed by atoms with van der Waals surface area (Å²) in [6.07, 6.45) is 3.46. The quantitative estimate of drug-likeness (QED) is 0.560. The Morgan fingerprint density at radius 2 is 1.71 bits per heavy atom. The van der Waals surface area contributed by atoms with Gasteiger partial charge in [-0.1, -0.05) is 34.1 Å². The van der Waals surface area contributed by atoms with Gasteiger partial charge in [0.15, 0.2) is 6.29 Å². The number of rotatable bonds is 8. The molecule has 2 unspecified atom stereocenters. The normalized spacial score (nSPS) is 15.9. The van der Waals surface area contributed by atoms with E-state index in [1.54, 1.807) is 0 Å². The zero-order valence-corrected chi connectivity index (χ0v) is 10.4. The molecule has 0 aromatic heterocycles. The molecule has 0 radical (unpaired) electrons. The highest BCUT2D eigenvalue weighted by Crippen LogP contribution is 2.10. The standard InChI is InChI=1S/C12H26O2/c1-6-8-12(13-9-10(3)4)14-11(5)7-2/h10-12H,6-9H2,1-5H3. The zero-order valence-electron chi connectivity index (χ0n) is 10.4. The van der Waals surface area contributed by atoms with Crippen LogP contribution in [0.4, 0.5) is 0 Å². The van der Waals surface area contributed by atoms with Crippen LogP contribution in [0.25, 0.3) is 0 Å². The molecule has 2 atom stereocenters. The van der Waals surface area contributed by atoms with Gasteiger partial charge in [-0.15, -0.1) is 0 Å². The molecule has 0 aromatic carbocycles. The molecule has 0 aliphatic carbocycles. The smallest absolute Gasteiger partial charge is 0.157 e. The maximum absolute atomic E-state index is 5.77. The molecule has 86 valence electrons. The molecule has 0 N–H and O–H groups in total. The minimum Gasteiger partial charge on any atom is -0.352 e. The Kier molecular flexibility index (Phi) is 8.20. The highest BCUT2D eigenvalue weighted by atomic mass is 16.7. The average Bonchev–Trinajstić information content (AvgIpc) is 2.14. The Morgan fingerprint density at radius 1 is 1.07 bits per heavy atom. The van der Waals surface area contributed by atoms with Crippen LogP contribution in [-0.4, -0.2) is 19.0 Å². The summed E-state index contributed by atoms with van der Waals surface area (Å²) < 4.78 is 11.5. The van der Waals surface area contributed by atoms with Gasteiger partial charge in [0.25, 0.3) is 0 Å². The first-order chi connectivity index (χ1) is 6.60. The van der Waals surface area contributed by atoms with E-state index in [1.807, 2.05) is 0 Å². The van der Waals surface area contributed by atoms with Gasteiger partial charge in [-0.3, -0.25) is 0 Å². The number of hydrogen-bond acceptors (Lipinski definition) is 2. The summed E-state index contributed by atoms with van der Waals surface area (Å²) in [4.78, 5) is 0. The third-order valence-corrected chi connectivity index (χ3v) is 2.10. The van der Waals surface area contributed by atoms with Crippen molar-refractivity contribution in [3.05, 3.63) is 0 Å². The van der Waals surface area contributed by atoms with Crippen LogP contribution >= 0.6 is 0 Å². The van der Waals surface area contributed by atoms with Gasteiger partial charge in [-0.05, 0) is 25.7 Å². The first-order valence-electron chi connectivity index (χ1n) is 5.87. The molecule has 0 saturated heterocycles. The van der Waals surface area contributed by atoms with E-state index in [4.69, 9.17) is 9.47 Å². The molecule has 0 spiro atoms. The second kappa shape index (κ2) is 8.25. The van der Waals surface area contributed by atoms with Gasteiger partial charge in [-0.2, -0.15) is 0 Å². The van der Waals surface area contributed by atoms with Crippen molar-refractivity contribution in [2.24, 2.45) is 5.92 Å². The van der Waals surface area contributed by atoms with E-state index in [-0.39, 0.29) is 6.29 Å². The minimum absolute atomic E-state index is 0.00245. The SMILES string of the molecule is CCCC(OCC(C)C)OC(C)CC. The van der Waals surface area contributed by atoms with E-state index in [1.165, 1.54) is 0 Å². The predicted octanol–water partition coefficient (Wildman–Crippen LogP) is 3.60. The van der Waals surface area contributed by atoms with Crippen LogP contribution in [0, 0.1) is 5.92 Å². The summed E-state index contributed by atoms with van der Waals surface area (Å²) in [5.41, 5.74) is 0. The van der Waals surface area contributed by atoms with Crippen LogP contribution in [0.3, 0.4) is 0 Å². The maximum Gasteiger partial charge on any atom is 0.157 e. The third kappa shape index (κ3) is 7.34. The Balaban J connectivity index is 3.76. The molecule has 0 aromatic rings. The lowest BCUT2D eigenvalue weighted by atomic mass is 10.2. The van der Waals surface area contributed by atoms with Crippen molar-refractivity contribution in [2.45, 2.75) is 66.3 Å². The summed E-state index contributed by atoms with van der Waals surface area (Å²) in [5.74, 6) is 0.579. The summed E-state index contributed by atoms with van der Waals surface area (Å²) >= 11 is 0. The first kappa shape index (κ1) is 13.9. The van der Waals surface area contributed by atoms with E-state index in [2.05, 4.69) is 34.6 Å². The van der Waals surface area contributed by atoms with E-state index in [0.717, 1.165) is 25.9 Å². The van der Waals surface area contributed by atoms with Crippen molar-refractivity contribution in [1.82, 2.24) is 0 Å². The van der Waals surface area contributed by atoms with Crippen molar-refractivity contribution >= 4 is 0 Å². The van der Waals surface area contributed by atoms with Crippen LogP contribution in [0.1, 0.15) is 53.9 Å². The van der Waals surface area contributed by atoms with Crippen LogP contribution in [0.5, 0.6) is 0 Å². The molecule has 0 saturated carbocycles. The summed E-state index contributed by atoms with van der Waals surface area (Å²) in [5, 5.41) is 0. The van der Waals surface area contributed by atoms with Crippen molar-refractivity contribution < 1.29 is 9.47 Å². The minimum atomic E-state index is -0.00245. The van der Waals surface area contributed by atoms with Crippen LogP contribution in [0.15, 0.2) is 0 Å². The fourth-order valence-electron chi connectivity index (χ4n) is 1.08. The van der Waals surface area contributed by atoms with Gasteiger partial charge < -0.3 is 9.47 Å². The molecule has 14 heavy (non-hydrogen) atoms. The van der Waals surface area contributed by atoms with Gasteiger partial charge in [0.05, 0.1) is 12.7 Å². The second-order valence-corrected chi connectivity index (χ2v) is 4.30. The van der Waals surface area contributed by atoms with Crippen molar-refractivity contribution in [3.8, 4) is 0 Å². The summed E-state index contributed by atoms with van der Waals surface area (Å²) in [6, 6.07) is 0. The molecule has 2 nitrogen and oxygen atoms in total. The molecule has 0 aliphatic rings. The lowest BCUT2D eigenvalue weighted by Gasteiger charge is -2.22. The first-order valence-corrected chi connectivity index (χ1v) is 5.87. The van der Waals surface area contributed by atoms with Gasteiger partial charge in [0.1, 0.15) is 0 Å². The molecule has 0 bridgehead atoms. The molecule has 0 aliphatic heterocycles. The largest absolute Gasteiger partial charge is 0.352 e. The average molecular weight is 202 g/mol. The summed E-state index contributed by atoms with van der Waals surface area (Å²) in [7, 11) is 0. The lowest BCUT2D eigenvalue weighted by Crippen LogP contribution is -2.24. The third-order valence-electron chi connectivity index (χ3n) is 2.10. The Labute approximate surface area is 89.0 Å². The van der Waals surface area contributed by atoms with E-state index in [9.17, 15) is 0 Å². The molecule has 0 heterocycles. The molecule has 0 fully saturated rings. The Hall–Kier alpha value is -0.0800. The van der Waals surface area contributed by atoms with Crippen molar-refractivity contribution in [2.75, 3.05) is 6.61 Å². The molecule has 0 amide bonds. The van der Waals surface area contributed by atoms with Crippen molar-refractivity contribution in [3.63, 3.8) is 0 Å². The second-order valence-electron chi connectivity index (χ2n) is 4.30. The summed E-state index contributed by atoms with van der Waals surface area (Å²) in [6.45, 7) is 11.5. The fraction of sp³-hybridized carbons (Fsp3) is 1.00. The molecular formula is C12H26O2. The van der Waals surface area contributed by atoms with E-state index < -0.39 is 0 Å². The van der Waals surface area contributed by atoms with Crippen LogP contribution in [-0.2, 0) is 9.47 Å². The number of ether oxygens (including phenoxy) is 2. The Morgan fingerprint density at radius 3 is 2.14 bits per heavy atom. The molecule has 0 rings (SSSR count). The van der Waals surface area contributed by atoms with Gasteiger partial charge in [0, 0.05) is 0 Å². The fourth-order valence-corrected chi connectivity index (χ4v) is 1.08. The highest BCUT2D eigenvalue weighted by molar-refractivity contribution is 4.51. The monoisotopic (exact) mass is 202 g/mol. The number of hydrogen-bond donors (Lipinski definition) is 0. The van der Waals surface area contributed by atoms with Crippen LogP contribution < -0.4 is 0 Å². The van der Waals surface area contributed by atoms with Gasteiger partial charge >= 0.3 is 0 Å². The zero-order chi connectivity index (χ0) is 11.0. The molecular weight excluding hydrogens is 176 g/mol. The highest BCUT2D eigenvalue weighted by Gasteiger charge is 2.12. The maximum atomic E-state index is 5.77. The van der Waals surface area contributed by atoms with E-state index in [0.29, 0.717) is 12.0 Å². The molecule has 2 heteroatoms. The predicted molar refractivity (Wildman–Crippen MR) is 60.3 cm³/mol. The van der Waals surface area contributed by atoms with Crippen LogP contribution in [0.2, 0.25) is 0 Å². The van der Waals surface area contributed by atoms with Gasteiger partial charge in [-0.25, -0.2) is 0 Å². The van der Waals surface area contributed by atoms with E-state index >= 15 is 0 Å².